The Morgan fingerprint density at radius 3 is 2.44 bits per heavy atom. The summed E-state index contributed by atoms with van der Waals surface area (Å²) in [6.07, 6.45) is 11.1. The molecule has 3 nitrogen and oxygen atoms in total. The molecule has 3 N–H and O–H groups in total. The number of aliphatic hydroxyl groups is 1. The number of aliphatic hydroxyl groups excluding tert-OH is 1. The van der Waals surface area contributed by atoms with Gasteiger partial charge in [-0.1, -0.05) is 20.8 Å². The van der Waals surface area contributed by atoms with Crippen molar-refractivity contribution in [1.82, 2.24) is 0 Å². The van der Waals surface area contributed by atoms with E-state index >= 15 is 0 Å². The Balaban J connectivity index is 1.66. The molecule has 4 rings (SSSR count). The van der Waals surface area contributed by atoms with Crippen molar-refractivity contribution < 1.29 is 9.90 Å². The van der Waals surface area contributed by atoms with Crippen molar-refractivity contribution in [2.45, 2.75) is 91.1 Å². The molecule has 4 fully saturated rings. The van der Waals surface area contributed by atoms with Gasteiger partial charge in [0, 0.05) is 11.8 Å². The average molecular weight is 376 g/mol. The van der Waals surface area contributed by atoms with Gasteiger partial charge in [0.2, 0.25) is 0 Å². The van der Waals surface area contributed by atoms with E-state index in [1.165, 1.54) is 32.1 Å². The Labute approximate surface area is 165 Å². The molecular weight excluding hydrogens is 334 g/mol. The van der Waals surface area contributed by atoms with E-state index < -0.39 is 0 Å². The van der Waals surface area contributed by atoms with E-state index in [1.807, 2.05) is 0 Å². The number of Topliss-reactive ketones (excluding diaryl/α,β-unsaturated/α-hetero) is 1. The second-order valence-corrected chi connectivity index (χ2v) is 10.9. The van der Waals surface area contributed by atoms with Gasteiger partial charge in [-0.05, 0) is 105 Å². The Hall–Kier alpha value is -0.410. The summed E-state index contributed by atoms with van der Waals surface area (Å²) in [7, 11) is 0. The number of hydrogen-bond acceptors (Lipinski definition) is 3. The van der Waals surface area contributed by atoms with Crippen molar-refractivity contribution in [3.63, 3.8) is 0 Å². The number of carbonyl (C=O) groups is 1. The molecule has 4 saturated carbocycles. The van der Waals surface area contributed by atoms with Crippen molar-refractivity contribution in [2.75, 3.05) is 6.54 Å². The van der Waals surface area contributed by atoms with Gasteiger partial charge in [-0.2, -0.15) is 0 Å². The van der Waals surface area contributed by atoms with Crippen LogP contribution in [0.3, 0.4) is 0 Å². The molecule has 0 saturated heterocycles. The molecule has 0 aromatic rings. The second-order valence-electron chi connectivity index (χ2n) is 10.9. The molecule has 154 valence electrons. The van der Waals surface area contributed by atoms with E-state index in [1.54, 1.807) is 0 Å². The molecule has 0 aliphatic heterocycles. The van der Waals surface area contributed by atoms with Crippen molar-refractivity contribution in [3.05, 3.63) is 0 Å². The third-order valence-electron chi connectivity index (χ3n) is 10.1. The highest BCUT2D eigenvalue weighted by atomic mass is 16.3. The van der Waals surface area contributed by atoms with Crippen LogP contribution in [0.1, 0.15) is 85.0 Å². The van der Waals surface area contributed by atoms with Crippen LogP contribution in [0.15, 0.2) is 0 Å². The summed E-state index contributed by atoms with van der Waals surface area (Å²) in [5, 5.41) is 10.3. The first kappa shape index (κ1) is 19.9. The first-order valence-electron chi connectivity index (χ1n) is 11.8. The minimum atomic E-state index is -0.192. The topological polar surface area (TPSA) is 63.3 Å². The molecule has 9 atom stereocenters. The fourth-order valence-corrected chi connectivity index (χ4v) is 8.58. The number of nitrogens with two attached hydrogens (primary N) is 1. The molecule has 0 aromatic heterocycles. The largest absolute Gasteiger partial charge is 0.393 e. The lowest BCUT2D eigenvalue weighted by Crippen LogP contribution is -2.60. The minimum Gasteiger partial charge on any atom is -0.393 e. The van der Waals surface area contributed by atoms with Crippen LogP contribution in [0.25, 0.3) is 0 Å². The third kappa shape index (κ3) is 2.86. The van der Waals surface area contributed by atoms with E-state index in [4.69, 9.17) is 5.73 Å². The first-order valence-corrected chi connectivity index (χ1v) is 11.8. The minimum absolute atomic E-state index is 0.177. The summed E-state index contributed by atoms with van der Waals surface area (Å²) < 4.78 is 0. The molecule has 27 heavy (non-hydrogen) atoms. The lowest BCUT2D eigenvalue weighted by Gasteiger charge is -2.62. The number of ketones is 1. The predicted octanol–water partition coefficient (Wildman–Crippen LogP) is 4.56. The van der Waals surface area contributed by atoms with Crippen LogP contribution in [0.5, 0.6) is 0 Å². The molecule has 4 aliphatic rings. The number of hydrogen-bond donors (Lipinski definition) is 2. The van der Waals surface area contributed by atoms with Gasteiger partial charge in [0.15, 0.2) is 0 Å². The summed E-state index contributed by atoms with van der Waals surface area (Å²) in [5.41, 5.74) is 6.42. The molecule has 4 aliphatic carbocycles. The van der Waals surface area contributed by atoms with E-state index in [2.05, 4.69) is 20.8 Å². The second kappa shape index (κ2) is 7.13. The van der Waals surface area contributed by atoms with Gasteiger partial charge in [-0.25, -0.2) is 0 Å². The molecule has 3 heteroatoms. The zero-order valence-corrected chi connectivity index (χ0v) is 17.8. The lowest BCUT2D eigenvalue weighted by molar-refractivity contribution is -0.172. The zero-order valence-electron chi connectivity index (χ0n) is 17.8. The van der Waals surface area contributed by atoms with Gasteiger partial charge in [0.05, 0.1) is 6.10 Å². The fraction of sp³-hybridized carbons (Fsp3) is 0.958. The summed E-state index contributed by atoms with van der Waals surface area (Å²) in [6.45, 7) is 7.99. The summed E-state index contributed by atoms with van der Waals surface area (Å²) >= 11 is 0. The zero-order chi connectivity index (χ0) is 19.4. The summed E-state index contributed by atoms with van der Waals surface area (Å²) in [4.78, 5) is 13.8. The van der Waals surface area contributed by atoms with Gasteiger partial charge >= 0.3 is 0 Å². The molecule has 0 bridgehead atoms. The van der Waals surface area contributed by atoms with E-state index in [9.17, 15) is 9.90 Å². The van der Waals surface area contributed by atoms with Crippen molar-refractivity contribution in [3.8, 4) is 0 Å². The van der Waals surface area contributed by atoms with Crippen LogP contribution in [-0.2, 0) is 4.79 Å². The molecule has 7 unspecified atom stereocenters. The van der Waals surface area contributed by atoms with Crippen LogP contribution in [0.4, 0.5) is 0 Å². The number of carbonyl (C=O) groups excluding carboxylic acids is 1. The highest BCUT2D eigenvalue weighted by molar-refractivity contribution is 5.86. The Kier molecular flexibility index (Phi) is 5.25. The smallest absolute Gasteiger partial charge is 0.139 e. The Morgan fingerprint density at radius 1 is 1.04 bits per heavy atom. The third-order valence-corrected chi connectivity index (χ3v) is 10.1. The molecule has 0 heterocycles. The summed E-state index contributed by atoms with van der Waals surface area (Å²) in [5.74, 6) is 3.35. The van der Waals surface area contributed by atoms with Gasteiger partial charge in [0.1, 0.15) is 5.78 Å². The van der Waals surface area contributed by atoms with Gasteiger partial charge in [-0.15, -0.1) is 0 Å². The molecule has 0 aromatic carbocycles. The molecule has 0 spiro atoms. The highest BCUT2D eigenvalue weighted by Crippen LogP contribution is 2.68. The summed E-state index contributed by atoms with van der Waals surface area (Å²) in [6, 6.07) is 0. The monoisotopic (exact) mass is 375 g/mol. The maximum atomic E-state index is 13.8. The molecule has 0 radical (unpaired) electrons. The van der Waals surface area contributed by atoms with Crippen LogP contribution in [-0.4, -0.2) is 23.5 Å². The van der Waals surface area contributed by atoms with Crippen molar-refractivity contribution in [2.24, 2.45) is 52.1 Å². The SMILES string of the molecule is CCC1C(=O)C2C(CCC3(C)C2CC[C@@H]3CCCN)C2(C)CC[C@@H](O)CC12. The quantitative estimate of drug-likeness (QED) is 0.757. The highest BCUT2D eigenvalue weighted by Gasteiger charge is 2.64. The molecule has 0 amide bonds. The van der Waals surface area contributed by atoms with Crippen molar-refractivity contribution in [1.29, 1.82) is 0 Å². The van der Waals surface area contributed by atoms with Crippen molar-refractivity contribution >= 4 is 5.78 Å². The standard InChI is InChI=1S/C24H41NO2/c1-4-17-20-14-16(26)9-11-24(20,3)19-10-12-23(2)15(6-5-13-25)7-8-18(23)21(19)22(17)27/h15-21,26H,4-14,25H2,1-3H3/t15-,16+,17?,18?,19?,20?,21?,23?,24?/m0/s1. The Bertz CT molecular complexity index is 577. The van der Waals surface area contributed by atoms with Gasteiger partial charge < -0.3 is 10.8 Å². The normalized spacial score (nSPS) is 52.2. The van der Waals surface area contributed by atoms with Crippen LogP contribution >= 0.6 is 0 Å². The first-order chi connectivity index (χ1) is 12.9. The van der Waals surface area contributed by atoms with Gasteiger partial charge in [0.25, 0.3) is 0 Å². The number of rotatable bonds is 4. The van der Waals surface area contributed by atoms with Crippen LogP contribution < -0.4 is 5.73 Å². The van der Waals surface area contributed by atoms with Crippen LogP contribution in [0.2, 0.25) is 0 Å². The predicted molar refractivity (Wildman–Crippen MR) is 109 cm³/mol. The lowest BCUT2D eigenvalue weighted by atomic mass is 9.42. The van der Waals surface area contributed by atoms with E-state index in [0.717, 1.165) is 44.6 Å². The van der Waals surface area contributed by atoms with E-state index in [-0.39, 0.29) is 23.4 Å². The average Bonchev–Trinajstić information content (AvgIpc) is 2.98. The fourth-order valence-electron chi connectivity index (χ4n) is 8.58. The van der Waals surface area contributed by atoms with E-state index in [0.29, 0.717) is 29.0 Å². The molecular formula is C24H41NO2. The maximum Gasteiger partial charge on any atom is 0.139 e. The number of fused-ring (bicyclic) bond motifs is 5. The van der Waals surface area contributed by atoms with Crippen LogP contribution in [0, 0.1) is 46.3 Å². The maximum absolute atomic E-state index is 13.8. The Morgan fingerprint density at radius 2 is 1.74 bits per heavy atom. The van der Waals surface area contributed by atoms with Gasteiger partial charge in [-0.3, -0.25) is 4.79 Å².